The number of anilines is 2. The van der Waals surface area contributed by atoms with Gasteiger partial charge >= 0.3 is 6.09 Å². The number of nitrogens with one attached hydrogen (secondary N) is 1. The van der Waals surface area contributed by atoms with E-state index in [1.807, 2.05) is 18.2 Å². The lowest BCUT2D eigenvalue weighted by molar-refractivity contribution is 0.122. The number of carbonyl (C=O) groups excluding carboxylic acids is 1. The molecule has 1 amide bonds. The van der Waals surface area contributed by atoms with Crippen molar-refractivity contribution in [3.63, 3.8) is 0 Å². The second-order valence-corrected chi connectivity index (χ2v) is 5.40. The van der Waals surface area contributed by atoms with Gasteiger partial charge in [-0.3, -0.25) is 5.32 Å². The molecule has 132 valence electrons. The summed E-state index contributed by atoms with van der Waals surface area (Å²) in [5.74, 6) is 0.690. The molecule has 0 aliphatic carbocycles. The molecule has 1 aromatic heterocycles. The first-order valence-corrected chi connectivity index (χ1v) is 8.07. The third-order valence-electron chi connectivity index (χ3n) is 3.69. The highest BCUT2D eigenvalue weighted by Crippen LogP contribution is 2.21. The van der Waals surface area contributed by atoms with Crippen molar-refractivity contribution in [1.29, 1.82) is 0 Å². The fraction of sp³-hybridized carbons (Fsp3) is 0.353. The number of benzene rings is 1. The van der Waals surface area contributed by atoms with Gasteiger partial charge in [0.05, 0.1) is 25.5 Å². The number of hydrogen-bond donors (Lipinski definition) is 2. The molecule has 25 heavy (non-hydrogen) atoms. The number of ether oxygens (including phenoxy) is 2. The Morgan fingerprint density at radius 3 is 2.72 bits per heavy atom. The number of aliphatic hydroxyl groups excluding tert-OH is 1. The van der Waals surface area contributed by atoms with Crippen LogP contribution >= 0.6 is 0 Å². The smallest absolute Gasteiger partial charge is 0.411 e. The molecule has 0 atom stereocenters. The van der Waals surface area contributed by atoms with E-state index >= 15 is 0 Å². The van der Waals surface area contributed by atoms with Crippen molar-refractivity contribution in [3.05, 3.63) is 36.5 Å². The maximum absolute atomic E-state index is 11.5. The third-order valence-corrected chi connectivity index (χ3v) is 3.69. The first-order valence-electron chi connectivity index (χ1n) is 8.07. The van der Waals surface area contributed by atoms with Crippen molar-refractivity contribution in [1.82, 2.24) is 9.97 Å². The lowest BCUT2D eigenvalue weighted by Gasteiger charge is -2.26. The van der Waals surface area contributed by atoms with Gasteiger partial charge in [0.15, 0.2) is 0 Å². The molecule has 0 spiro atoms. The van der Waals surface area contributed by atoms with E-state index in [1.165, 1.54) is 0 Å². The standard InChI is InChI=1S/C17H20N4O4/c22-9-12-25-17(23)19-14-3-1-13(2-4-14)15-5-6-18-16(20-15)21-7-10-24-11-8-21/h1-6,22H,7-12H2,(H,19,23). The maximum atomic E-state index is 11.5. The van der Waals surface area contributed by atoms with Crippen LogP contribution in [-0.2, 0) is 9.47 Å². The second kappa shape index (κ2) is 8.41. The van der Waals surface area contributed by atoms with E-state index in [1.54, 1.807) is 18.3 Å². The minimum atomic E-state index is -0.599. The van der Waals surface area contributed by atoms with Crippen molar-refractivity contribution in [2.45, 2.75) is 0 Å². The lowest BCUT2D eigenvalue weighted by Crippen LogP contribution is -2.37. The second-order valence-electron chi connectivity index (χ2n) is 5.40. The summed E-state index contributed by atoms with van der Waals surface area (Å²) in [6.07, 6.45) is 1.14. The molecule has 2 aromatic rings. The topological polar surface area (TPSA) is 96.8 Å². The van der Waals surface area contributed by atoms with Crippen LogP contribution in [0.2, 0.25) is 0 Å². The van der Waals surface area contributed by atoms with E-state index < -0.39 is 6.09 Å². The highest BCUT2D eigenvalue weighted by Gasteiger charge is 2.14. The Balaban J connectivity index is 1.68. The summed E-state index contributed by atoms with van der Waals surface area (Å²) in [6.45, 7) is 2.69. The molecule has 2 heterocycles. The van der Waals surface area contributed by atoms with Gasteiger partial charge in [-0.15, -0.1) is 0 Å². The highest BCUT2D eigenvalue weighted by molar-refractivity contribution is 5.85. The van der Waals surface area contributed by atoms with Crippen molar-refractivity contribution in [3.8, 4) is 11.3 Å². The summed E-state index contributed by atoms with van der Waals surface area (Å²) in [7, 11) is 0. The van der Waals surface area contributed by atoms with Crippen molar-refractivity contribution < 1.29 is 19.4 Å². The van der Waals surface area contributed by atoms with E-state index in [9.17, 15) is 4.79 Å². The Kier molecular flexibility index (Phi) is 5.76. The van der Waals surface area contributed by atoms with Crippen LogP contribution in [0.3, 0.4) is 0 Å². The summed E-state index contributed by atoms with van der Waals surface area (Å²) >= 11 is 0. The fourth-order valence-electron chi connectivity index (χ4n) is 2.44. The summed E-state index contributed by atoms with van der Waals surface area (Å²) in [5, 5.41) is 11.2. The number of hydrogen-bond acceptors (Lipinski definition) is 7. The van der Waals surface area contributed by atoms with Crippen LogP contribution < -0.4 is 10.2 Å². The van der Waals surface area contributed by atoms with E-state index in [2.05, 4.69) is 20.2 Å². The number of morpholine rings is 1. The molecule has 1 aliphatic heterocycles. The molecule has 0 bridgehead atoms. The van der Waals surface area contributed by atoms with E-state index in [4.69, 9.17) is 14.6 Å². The number of amides is 1. The van der Waals surface area contributed by atoms with Gasteiger partial charge in [-0.25, -0.2) is 14.8 Å². The third kappa shape index (κ3) is 4.65. The summed E-state index contributed by atoms with van der Waals surface area (Å²) in [4.78, 5) is 22.5. The van der Waals surface area contributed by atoms with Crippen molar-refractivity contribution in [2.75, 3.05) is 49.7 Å². The molecule has 2 N–H and O–H groups in total. The van der Waals surface area contributed by atoms with E-state index in [0.29, 0.717) is 24.8 Å². The molecule has 0 radical (unpaired) electrons. The number of rotatable bonds is 5. The van der Waals surface area contributed by atoms with E-state index in [-0.39, 0.29) is 13.2 Å². The van der Waals surface area contributed by atoms with Crippen LogP contribution in [0, 0.1) is 0 Å². The number of aromatic nitrogens is 2. The SMILES string of the molecule is O=C(Nc1ccc(-c2ccnc(N3CCOCC3)n2)cc1)OCCO. The Labute approximate surface area is 145 Å². The van der Waals surface area contributed by atoms with Crippen LogP contribution in [0.25, 0.3) is 11.3 Å². The monoisotopic (exact) mass is 344 g/mol. The Bertz CT molecular complexity index is 702. The first-order chi connectivity index (χ1) is 12.3. The van der Waals surface area contributed by atoms with Gasteiger partial charge < -0.3 is 19.5 Å². The van der Waals surface area contributed by atoms with Gasteiger partial charge in [0, 0.05) is 30.5 Å². The lowest BCUT2D eigenvalue weighted by atomic mass is 10.1. The Hall–Kier alpha value is -2.71. The zero-order valence-electron chi connectivity index (χ0n) is 13.7. The van der Waals surface area contributed by atoms with Gasteiger partial charge in [0.25, 0.3) is 0 Å². The molecule has 8 heteroatoms. The van der Waals surface area contributed by atoms with Crippen LogP contribution in [0.1, 0.15) is 0 Å². The number of carbonyl (C=O) groups is 1. The molecule has 1 aliphatic rings. The molecule has 0 unspecified atom stereocenters. The van der Waals surface area contributed by atoms with Gasteiger partial charge in [-0.2, -0.15) is 0 Å². The average molecular weight is 344 g/mol. The Morgan fingerprint density at radius 2 is 2.00 bits per heavy atom. The largest absolute Gasteiger partial charge is 0.447 e. The predicted molar refractivity (Wildman–Crippen MR) is 92.6 cm³/mol. The first kappa shape index (κ1) is 17.1. The summed E-state index contributed by atoms with van der Waals surface area (Å²) in [6, 6.07) is 9.13. The highest BCUT2D eigenvalue weighted by atomic mass is 16.6. The molecule has 1 aromatic carbocycles. The van der Waals surface area contributed by atoms with Crippen LogP contribution in [-0.4, -0.2) is 60.7 Å². The van der Waals surface area contributed by atoms with E-state index in [0.717, 1.165) is 24.3 Å². The molecular weight excluding hydrogens is 324 g/mol. The van der Waals surface area contributed by atoms with Gasteiger partial charge in [-0.1, -0.05) is 12.1 Å². The zero-order chi connectivity index (χ0) is 17.5. The molecule has 1 fully saturated rings. The van der Waals surface area contributed by atoms with Crippen molar-refractivity contribution >= 4 is 17.7 Å². The average Bonchev–Trinajstić information content (AvgIpc) is 2.68. The summed E-state index contributed by atoms with van der Waals surface area (Å²) < 4.78 is 10.1. The zero-order valence-corrected chi connectivity index (χ0v) is 13.7. The minimum absolute atomic E-state index is 0.0326. The minimum Gasteiger partial charge on any atom is -0.447 e. The molecule has 1 saturated heterocycles. The molecule has 8 nitrogen and oxygen atoms in total. The fourth-order valence-corrected chi connectivity index (χ4v) is 2.44. The maximum Gasteiger partial charge on any atom is 0.411 e. The van der Waals surface area contributed by atoms with Crippen LogP contribution in [0.5, 0.6) is 0 Å². The predicted octanol–water partition coefficient (Wildman–Crippen LogP) is 1.52. The molecule has 0 saturated carbocycles. The van der Waals surface area contributed by atoms with Gasteiger partial charge in [0.2, 0.25) is 5.95 Å². The van der Waals surface area contributed by atoms with Gasteiger partial charge in [-0.05, 0) is 18.2 Å². The van der Waals surface area contributed by atoms with Crippen molar-refractivity contribution in [2.24, 2.45) is 0 Å². The van der Waals surface area contributed by atoms with Gasteiger partial charge in [0.1, 0.15) is 6.61 Å². The summed E-state index contributed by atoms with van der Waals surface area (Å²) in [5.41, 5.74) is 2.34. The van der Waals surface area contributed by atoms with Crippen LogP contribution in [0.15, 0.2) is 36.5 Å². The number of nitrogens with zero attached hydrogens (tertiary/aromatic N) is 3. The number of aliphatic hydroxyl groups is 1. The normalized spacial score (nSPS) is 14.2. The molecule has 3 rings (SSSR count). The quantitative estimate of drug-likeness (QED) is 0.849. The Morgan fingerprint density at radius 1 is 1.24 bits per heavy atom. The molecular formula is C17H20N4O4. The van der Waals surface area contributed by atoms with Crippen LogP contribution in [0.4, 0.5) is 16.4 Å².